The third-order valence-corrected chi connectivity index (χ3v) is 6.29. The number of furan rings is 1. The van der Waals surface area contributed by atoms with Gasteiger partial charge in [0, 0.05) is 10.9 Å². The van der Waals surface area contributed by atoms with Crippen LogP contribution in [-0.2, 0) is 9.84 Å². The molecule has 0 aliphatic heterocycles. The molecule has 3 N–H and O–H groups in total. The van der Waals surface area contributed by atoms with E-state index in [0.29, 0.717) is 11.0 Å². The van der Waals surface area contributed by atoms with Crippen LogP contribution in [0.25, 0.3) is 11.0 Å². The van der Waals surface area contributed by atoms with Crippen LogP contribution in [0.1, 0.15) is 34.8 Å². The monoisotopic (exact) mass is 386 g/mol. The van der Waals surface area contributed by atoms with Crippen molar-refractivity contribution in [2.75, 3.05) is 5.32 Å². The second kappa shape index (κ2) is 6.88. The van der Waals surface area contributed by atoms with Crippen LogP contribution >= 0.6 is 0 Å². The molecule has 0 aliphatic carbocycles. The van der Waals surface area contributed by atoms with Crippen molar-refractivity contribution >= 4 is 38.3 Å². The summed E-state index contributed by atoms with van der Waals surface area (Å²) in [5, 5.41) is 2.61. The van der Waals surface area contributed by atoms with Gasteiger partial charge in [-0.25, -0.2) is 8.42 Å². The van der Waals surface area contributed by atoms with Gasteiger partial charge in [0.15, 0.2) is 9.84 Å². The van der Waals surface area contributed by atoms with E-state index in [0.717, 1.165) is 0 Å². The van der Waals surface area contributed by atoms with E-state index in [-0.39, 0.29) is 21.9 Å². The fourth-order valence-corrected chi connectivity index (χ4v) is 3.66. The van der Waals surface area contributed by atoms with Gasteiger partial charge in [0.2, 0.25) is 5.76 Å². The van der Waals surface area contributed by atoms with Gasteiger partial charge < -0.3 is 15.5 Å². The molecule has 0 spiro atoms. The average Bonchev–Trinajstić information content (AvgIpc) is 3.00. The maximum atomic E-state index is 12.6. The summed E-state index contributed by atoms with van der Waals surface area (Å²) >= 11 is 0. The van der Waals surface area contributed by atoms with E-state index >= 15 is 0 Å². The second-order valence-electron chi connectivity index (χ2n) is 6.24. The number of amides is 2. The van der Waals surface area contributed by atoms with Crippen LogP contribution in [0.2, 0.25) is 0 Å². The third kappa shape index (κ3) is 3.43. The van der Waals surface area contributed by atoms with Gasteiger partial charge in [0.25, 0.3) is 11.8 Å². The normalized spacial score (nSPS) is 11.7. The lowest BCUT2D eigenvalue weighted by atomic mass is 10.2. The summed E-state index contributed by atoms with van der Waals surface area (Å²) in [6.45, 7) is 3.18. The molecule has 0 aliphatic rings. The number of hydrogen-bond donors (Lipinski definition) is 2. The van der Waals surface area contributed by atoms with Gasteiger partial charge in [-0.1, -0.05) is 12.1 Å². The van der Waals surface area contributed by atoms with Gasteiger partial charge >= 0.3 is 0 Å². The van der Waals surface area contributed by atoms with Crippen molar-refractivity contribution in [2.24, 2.45) is 5.73 Å². The molecular formula is C19H18N2O5S. The number of hydrogen-bond acceptors (Lipinski definition) is 5. The largest absolute Gasteiger partial charge is 0.449 e. The summed E-state index contributed by atoms with van der Waals surface area (Å²) in [5.41, 5.74) is 6.17. The Morgan fingerprint density at radius 1 is 1.04 bits per heavy atom. The number of carbonyl (C=O) groups excluding carboxylic acids is 2. The van der Waals surface area contributed by atoms with Gasteiger partial charge in [0.05, 0.1) is 10.1 Å². The predicted octanol–water partition coefficient (Wildman–Crippen LogP) is 2.97. The molecule has 0 saturated heterocycles. The van der Waals surface area contributed by atoms with E-state index in [1.165, 1.54) is 24.3 Å². The number of rotatable bonds is 5. The molecule has 2 aromatic carbocycles. The minimum absolute atomic E-state index is 0.139. The van der Waals surface area contributed by atoms with Crippen molar-refractivity contribution in [3.05, 3.63) is 59.9 Å². The Hall–Kier alpha value is -3.13. The summed E-state index contributed by atoms with van der Waals surface area (Å²) in [7, 11) is -3.42. The van der Waals surface area contributed by atoms with Crippen molar-refractivity contribution in [3.63, 3.8) is 0 Å². The number of benzene rings is 2. The standard InChI is InChI=1S/C19H18N2O5S/c1-11(2)27(24,25)13-9-7-12(8-10-13)19(23)21-16-14-5-3-4-6-15(14)26-17(16)18(20)22/h3-11H,1-2H3,(H2,20,22)(H,21,23). The average molecular weight is 386 g/mol. The number of sulfone groups is 1. The van der Waals surface area contributed by atoms with Crippen LogP contribution in [-0.4, -0.2) is 25.5 Å². The number of carbonyl (C=O) groups is 2. The van der Waals surface area contributed by atoms with E-state index in [1.54, 1.807) is 38.1 Å². The topological polar surface area (TPSA) is 119 Å². The first-order valence-electron chi connectivity index (χ1n) is 8.18. The van der Waals surface area contributed by atoms with Crippen LogP contribution in [0.5, 0.6) is 0 Å². The Kier molecular flexibility index (Phi) is 4.75. The molecule has 7 nitrogen and oxygen atoms in total. The highest BCUT2D eigenvalue weighted by Crippen LogP contribution is 2.31. The molecule has 3 rings (SSSR count). The molecule has 140 valence electrons. The van der Waals surface area contributed by atoms with Crippen molar-refractivity contribution in [2.45, 2.75) is 24.0 Å². The van der Waals surface area contributed by atoms with E-state index in [1.807, 2.05) is 0 Å². The highest BCUT2D eigenvalue weighted by Gasteiger charge is 2.22. The van der Waals surface area contributed by atoms with Crippen molar-refractivity contribution in [1.82, 2.24) is 0 Å². The van der Waals surface area contributed by atoms with E-state index in [2.05, 4.69) is 5.32 Å². The van der Waals surface area contributed by atoms with Crippen molar-refractivity contribution in [3.8, 4) is 0 Å². The highest BCUT2D eigenvalue weighted by atomic mass is 32.2. The summed E-state index contributed by atoms with van der Waals surface area (Å²) in [5.74, 6) is -1.47. The fourth-order valence-electron chi connectivity index (χ4n) is 2.60. The lowest BCUT2D eigenvalue weighted by molar-refractivity contribution is 0.0977. The lowest BCUT2D eigenvalue weighted by Crippen LogP contribution is -2.17. The summed E-state index contributed by atoms with van der Waals surface area (Å²) in [6.07, 6.45) is 0. The number of primary amides is 1. The highest BCUT2D eigenvalue weighted by molar-refractivity contribution is 7.92. The van der Waals surface area contributed by atoms with Gasteiger partial charge in [-0.3, -0.25) is 9.59 Å². The molecule has 1 heterocycles. The van der Waals surface area contributed by atoms with E-state index in [4.69, 9.17) is 10.2 Å². The lowest BCUT2D eigenvalue weighted by Gasteiger charge is -2.09. The van der Waals surface area contributed by atoms with Crippen LogP contribution in [0.15, 0.2) is 57.8 Å². The molecule has 1 aromatic heterocycles. The molecule has 3 aromatic rings. The van der Waals surface area contributed by atoms with Crippen molar-refractivity contribution in [1.29, 1.82) is 0 Å². The van der Waals surface area contributed by atoms with Gasteiger partial charge in [-0.2, -0.15) is 0 Å². The molecule has 0 unspecified atom stereocenters. The van der Waals surface area contributed by atoms with Crippen LogP contribution in [0.4, 0.5) is 5.69 Å². The third-order valence-electron chi connectivity index (χ3n) is 4.12. The van der Waals surface area contributed by atoms with Crippen LogP contribution in [0, 0.1) is 0 Å². The molecular weight excluding hydrogens is 368 g/mol. The van der Waals surface area contributed by atoms with Gasteiger partial charge in [0.1, 0.15) is 11.3 Å². The zero-order valence-corrected chi connectivity index (χ0v) is 15.5. The van der Waals surface area contributed by atoms with Gasteiger partial charge in [-0.05, 0) is 50.2 Å². The maximum Gasteiger partial charge on any atom is 0.286 e. The van der Waals surface area contributed by atoms with E-state index in [9.17, 15) is 18.0 Å². The fraction of sp³-hybridized carbons (Fsp3) is 0.158. The predicted molar refractivity (Wildman–Crippen MR) is 101 cm³/mol. The molecule has 0 fully saturated rings. The first-order chi connectivity index (χ1) is 12.7. The maximum absolute atomic E-state index is 12.6. The smallest absolute Gasteiger partial charge is 0.286 e. The first-order valence-corrected chi connectivity index (χ1v) is 9.73. The Labute approximate surface area is 156 Å². The second-order valence-corrected chi connectivity index (χ2v) is 8.74. The zero-order chi connectivity index (χ0) is 19.8. The van der Waals surface area contributed by atoms with Gasteiger partial charge in [-0.15, -0.1) is 0 Å². The Morgan fingerprint density at radius 2 is 1.67 bits per heavy atom. The Balaban J connectivity index is 1.94. The summed E-state index contributed by atoms with van der Waals surface area (Å²) in [4.78, 5) is 24.3. The molecule has 0 radical (unpaired) electrons. The molecule has 8 heteroatoms. The molecule has 27 heavy (non-hydrogen) atoms. The zero-order valence-electron chi connectivity index (χ0n) is 14.7. The molecule has 0 bridgehead atoms. The van der Waals surface area contributed by atoms with Crippen molar-refractivity contribution < 1.29 is 22.4 Å². The molecule has 0 atom stereocenters. The quantitative estimate of drug-likeness (QED) is 0.698. The SMILES string of the molecule is CC(C)S(=O)(=O)c1ccc(C(=O)Nc2c(C(N)=O)oc3ccccc23)cc1. The minimum atomic E-state index is -3.42. The number of anilines is 1. The number of fused-ring (bicyclic) bond motifs is 1. The van der Waals surface area contributed by atoms with Crippen LogP contribution < -0.4 is 11.1 Å². The van der Waals surface area contributed by atoms with E-state index < -0.39 is 26.9 Å². The molecule has 2 amide bonds. The number of nitrogens with two attached hydrogens (primary N) is 1. The Bertz CT molecular complexity index is 1130. The molecule has 0 saturated carbocycles. The Morgan fingerprint density at radius 3 is 2.26 bits per heavy atom. The number of para-hydroxylation sites is 1. The first kappa shape index (κ1) is 18.7. The summed E-state index contributed by atoms with van der Waals surface area (Å²) < 4.78 is 29.8. The van der Waals surface area contributed by atoms with Crippen LogP contribution in [0.3, 0.4) is 0 Å². The number of nitrogens with one attached hydrogen (secondary N) is 1. The summed E-state index contributed by atoms with van der Waals surface area (Å²) in [6, 6.07) is 12.4. The minimum Gasteiger partial charge on any atom is -0.449 e.